The van der Waals surface area contributed by atoms with Gasteiger partial charge in [0.25, 0.3) is 0 Å². The van der Waals surface area contributed by atoms with Crippen LogP contribution >= 0.6 is 0 Å². The second-order valence-corrected chi connectivity index (χ2v) is 5.74. The number of phenolic OH excluding ortho intramolecular Hbond substituents is 1. The van der Waals surface area contributed by atoms with Gasteiger partial charge < -0.3 is 29.2 Å². The third-order valence-corrected chi connectivity index (χ3v) is 4.06. The van der Waals surface area contributed by atoms with Crippen LogP contribution in [0.15, 0.2) is 24.3 Å². The Hall–Kier alpha value is -4.15. The average molecular weight is 414 g/mol. The Labute approximate surface area is 170 Å². The zero-order valence-electron chi connectivity index (χ0n) is 16.5. The number of carboxylic acid groups (broad SMARTS) is 1. The van der Waals surface area contributed by atoms with E-state index in [4.69, 9.17) is 18.9 Å². The van der Waals surface area contributed by atoms with Gasteiger partial charge in [-0.3, -0.25) is 0 Å². The quantitative estimate of drug-likeness (QED) is 0.585. The number of methoxy groups -OCH3 is 4. The third-order valence-electron chi connectivity index (χ3n) is 4.06. The van der Waals surface area contributed by atoms with Crippen LogP contribution in [0.4, 0.5) is 0 Å². The van der Waals surface area contributed by atoms with Crippen molar-refractivity contribution in [2.45, 2.75) is 0 Å². The molecule has 0 spiro atoms. The van der Waals surface area contributed by atoms with Crippen molar-refractivity contribution in [2.75, 3.05) is 28.4 Å². The molecule has 0 amide bonds. The number of carboxylic acids is 1. The molecule has 0 aliphatic heterocycles. The first-order valence-corrected chi connectivity index (χ1v) is 8.46. The number of rotatable bonds is 7. The topological polar surface area (TPSA) is 146 Å². The summed E-state index contributed by atoms with van der Waals surface area (Å²) in [7, 11) is 5.58. The van der Waals surface area contributed by atoms with Crippen LogP contribution in [0, 0.1) is 0 Å². The van der Waals surface area contributed by atoms with E-state index >= 15 is 0 Å². The third kappa shape index (κ3) is 3.85. The standard InChI is InChI=1S/C19H18N4O7/c1-27-11-7-12(28-2)21-17(20-11)9-5-6-10(24)16(15(9)19(25)26)18-22-13(29-3)8-14(23-18)30-4/h5-8,24H,1-4H3,(H,25,26). The maximum absolute atomic E-state index is 12.2. The SMILES string of the molecule is COc1cc(OC)nc(-c2ccc(O)c(-c3nc(OC)cc(OC)n3)c2C(=O)O)n1. The normalized spacial score (nSPS) is 10.4. The number of carbonyl (C=O) groups is 1. The van der Waals surface area contributed by atoms with Crippen LogP contribution in [0.5, 0.6) is 29.3 Å². The molecule has 0 unspecified atom stereocenters. The van der Waals surface area contributed by atoms with Gasteiger partial charge >= 0.3 is 5.97 Å². The van der Waals surface area contributed by atoms with Crippen LogP contribution in [0.3, 0.4) is 0 Å². The highest BCUT2D eigenvalue weighted by molar-refractivity contribution is 6.03. The van der Waals surface area contributed by atoms with E-state index in [0.29, 0.717) is 0 Å². The van der Waals surface area contributed by atoms with Crippen molar-refractivity contribution in [3.63, 3.8) is 0 Å². The monoisotopic (exact) mass is 414 g/mol. The molecular formula is C19H18N4O7. The van der Waals surface area contributed by atoms with Gasteiger partial charge in [-0.2, -0.15) is 19.9 Å². The van der Waals surface area contributed by atoms with Gasteiger partial charge in [-0.05, 0) is 12.1 Å². The Morgan fingerprint density at radius 3 is 1.60 bits per heavy atom. The summed E-state index contributed by atoms with van der Waals surface area (Å²) >= 11 is 0. The Morgan fingerprint density at radius 1 is 0.767 bits per heavy atom. The number of aromatic hydroxyl groups is 1. The Morgan fingerprint density at radius 2 is 1.20 bits per heavy atom. The molecule has 156 valence electrons. The molecule has 0 aliphatic rings. The van der Waals surface area contributed by atoms with Gasteiger partial charge in [-0.15, -0.1) is 0 Å². The van der Waals surface area contributed by atoms with Gasteiger partial charge in [0.2, 0.25) is 23.5 Å². The summed E-state index contributed by atoms with van der Waals surface area (Å²) in [6.45, 7) is 0. The molecule has 11 heteroatoms. The predicted octanol–water partition coefficient (Wildman–Crippen LogP) is 2.04. The van der Waals surface area contributed by atoms with Crippen molar-refractivity contribution >= 4 is 5.97 Å². The zero-order chi connectivity index (χ0) is 21.8. The van der Waals surface area contributed by atoms with Crippen LogP contribution in [0.25, 0.3) is 22.8 Å². The van der Waals surface area contributed by atoms with Gasteiger partial charge in [0, 0.05) is 5.56 Å². The van der Waals surface area contributed by atoms with Crippen molar-refractivity contribution in [1.29, 1.82) is 0 Å². The molecule has 30 heavy (non-hydrogen) atoms. The molecule has 3 aromatic rings. The fourth-order valence-electron chi connectivity index (χ4n) is 2.68. The molecule has 2 heterocycles. The smallest absolute Gasteiger partial charge is 0.337 e. The van der Waals surface area contributed by atoms with Crippen LogP contribution in [-0.2, 0) is 0 Å². The van der Waals surface area contributed by atoms with Crippen molar-refractivity contribution in [1.82, 2.24) is 19.9 Å². The van der Waals surface area contributed by atoms with Crippen LogP contribution in [0.1, 0.15) is 10.4 Å². The molecular weight excluding hydrogens is 396 g/mol. The van der Waals surface area contributed by atoms with Crippen molar-refractivity contribution < 1.29 is 34.0 Å². The molecule has 3 rings (SSSR count). The second kappa shape index (κ2) is 8.47. The van der Waals surface area contributed by atoms with E-state index in [-0.39, 0.29) is 57.6 Å². The fourth-order valence-corrected chi connectivity index (χ4v) is 2.68. The molecule has 0 atom stereocenters. The number of benzene rings is 1. The van der Waals surface area contributed by atoms with E-state index in [1.165, 1.54) is 52.7 Å². The number of aromatic nitrogens is 4. The van der Waals surface area contributed by atoms with E-state index in [2.05, 4.69) is 19.9 Å². The largest absolute Gasteiger partial charge is 0.507 e. The summed E-state index contributed by atoms with van der Waals surface area (Å²) in [5.41, 5.74) is -0.374. The minimum atomic E-state index is -1.35. The van der Waals surface area contributed by atoms with E-state index in [9.17, 15) is 15.0 Å². The zero-order valence-corrected chi connectivity index (χ0v) is 16.5. The number of hydrogen-bond acceptors (Lipinski definition) is 10. The summed E-state index contributed by atoms with van der Waals surface area (Å²) in [5.74, 6) is -1.23. The number of hydrogen-bond donors (Lipinski definition) is 2. The summed E-state index contributed by atoms with van der Waals surface area (Å²) in [6.07, 6.45) is 0. The van der Waals surface area contributed by atoms with Gasteiger partial charge in [-0.1, -0.05) is 0 Å². The number of phenols is 1. The lowest BCUT2D eigenvalue weighted by Crippen LogP contribution is -2.08. The van der Waals surface area contributed by atoms with Crippen molar-refractivity contribution in [3.8, 4) is 52.0 Å². The fraction of sp³-hybridized carbons (Fsp3) is 0.211. The highest BCUT2D eigenvalue weighted by atomic mass is 16.5. The molecule has 0 fully saturated rings. The first-order chi connectivity index (χ1) is 14.4. The van der Waals surface area contributed by atoms with Gasteiger partial charge in [0.15, 0.2) is 11.6 Å². The molecule has 2 aromatic heterocycles. The van der Waals surface area contributed by atoms with Crippen LogP contribution in [0.2, 0.25) is 0 Å². The summed E-state index contributed by atoms with van der Waals surface area (Å²) in [5, 5.41) is 20.4. The van der Waals surface area contributed by atoms with Gasteiger partial charge in [0.1, 0.15) is 5.75 Å². The summed E-state index contributed by atoms with van der Waals surface area (Å²) in [6, 6.07) is 5.53. The van der Waals surface area contributed by atoms with Gasteiger partial charge in [-0.25, -0.2) is 4.79 Å². The molecule has 11 nitrogen and oxygen atoms in total. The van der Waals surface area contributed by atoms with E-state index < -0.39 is 5.97 Å². The van der Waals surface area contributed by atoms with Crippen LogP contribution in [-0.4, -0.2) is 64.6 Å². The predicted molar refractivity (Wildman–Crippen MR) is 103 cm³/mol. The highest BCUT2D eigenvalue weighted by Gasteiger charge is 2.26. The maximum Gasteiger partial charge on any atom is 0.337 e. The molecule has 0 radical (unpaired) electrons. The average Bonchev–Trinajstić information content (AvgIpc) is 2.77. The molecule has 1 aromatic carbocycles. The number of nitrogens with zero attached hydrogens (tertiary/aromatic N) is 4. The van der Waals surface area contributed by atoms with E-state index in [0.717, 1.165) is 0 Å². The van der Waals surface area contributed by atoms with Crippen molar-refractivity contribution in [2.24, 2.45) is 0 Å². The molecule has 0 saturated carbocycles. The minimum Gasteiger partial charge on any atom is -0.507 e. The number of aromatic carboxylic acids is 1. The van der Waals surface area contributed by atoms with E-state index in [1.54, 1.807) is 0 Å². The first kappa shape index (κ1) is 20.6. The summed E-state index contributed by atoms with van der Waals surface area (Å²) in [4.78, 5) is 28.9. The number of ether oxygens (including phenoxy) is 4. The Balaban J connectivity index is 2.34. The lowest BCUT2D eigenvalue weighted by molar-refractivity contribution is 0.0698. The molecule has 0 saturated heterocycles. The molecule has 0 aliphatic carbocycles. The Bertz CT molecular complexity index is 1060. The van der Waals surface area contributed by atoms with Crippen molar-refractivity contribution in [3.05, 3.63) is 29.8 Å². The maximum atomic E-state index is 12.2. The van der Waals surface area contributed by atoms with E-state index in [1.807, 2.05) is 0 Å². The summed E-state index contributed by atoms with van der Waals surface area (Å²) < 4.78 is 20.5. The lowest BCUT2D eigenvalue weighted by Gasteiger charge is -2.14. The second-order valence-electron chi connectivity index (χ2n) is 5.74. The van der Waals surface area contributed by atoms with Crippen LogP contribution < -0.4 is 18.9 Å². The highest BCUT2D eigenvalue weighted by Crippen LogP contribution is 2.38. The van der Waals surface area contributed by atoms with Gasteiger partial charge in [0.05, 0.1) is 51.7 Å². The minimum absolute atomic E-state index is 0.0136. The molecule has 2 N–H and O–H groups in total. The molecule has 0 bridgehead atoms. The first-order valence-electron chi connectivity index (χ1n) is 8.46. The Kier molecular flexibility index (Phi) is 5.81. The lowest BCUT2D eigenvalue weighted by atomic mass is 9.98.